The Kier molecular flexibility index (Phi) is 14.6. The van der Waals surface area contributed by atoms with E-state index in [0.717, 1.165) is 38.3 Å². The summed E-state index contributed by atoms with van der Waals surface area (Å²) in [7, 11) is 0. The highest BCUT2D eigenvalue weighted by Crippen LogP contribution is 2.19. The number of nitrogens with two attached hydrogens (primary N) is 1. The van der Waals surface area contributed by atoms with Gasteiger partial charge in [0.25, 0.3) is 0 Å². The lowest BCUT2D eigenvalue weighted by Gasteiger charge is -2.05. The molecule has 5 nitrogen and oxygen atoms in total. The molecular formula is C21H31Cl2N3O2. The Morgan fingerprint density at radius 3 is 2.36 bits per heavy atom. The lowest BCUT2D eigenvalue weighted by molar-refractivity contribution is 0.132. The normalized spacial score (nSPS) is 10.4. The van der Waals surface area contributed by atoms with Crippen molar-refractivity contribution in [1.82, 2.24) is 10.3 Å². The van der Waals surface area contributed by atoms with Gasteiger partial charge in [0.1, 0.15) is 0 Å². The van der Waals surface area contributed by atoms with Crippen molar-refractivity contribution in [3.63, 3.8) is 0 Å². The highest BCUT2D eigenvalue weighted by molar-refractivity contribution is 6.35. The number of halogens is 2. The zero-order valence-corrected chi connectivity index (χ0v) is 17.8. The van der Waals surface area contributed by atoms with Crippen molar-refractivity contribution < 1.29 is 9.84 Å². The first-order valence-electron chi connectivity index (χ1n) is 9.62. The minimum absolute atomic E-state index is 0.226. The van der Waals surface area contributed by atoms with Gasteiger partial charge in [0.2, 0.25) is 0 Å². The van der Waals surface area contributed by atoms with Crippen LogP contribution in [-0.2, 0) is 11.2 Å². The van der Waals surface area contributed by atoms with Gasteiger partial charge in [-0.1, -0.05) is 42.1 Å². The molecule has 4 N–H and O–H groups in total. The first kappa shape index (κ1) is 24.7. The van der Waals surface area contributed by atoms with Gasteiger partial charge in [-0.25, -0.2) is 0 Å². The molecule has 0 saturated carbocycles. The number of pyridine rings is 1. The third-order valence-electron chi connectivity index (χ3n) is 3.79. The van der Waals surface area contributed by atoms with Crippen LogP contribution in [0.4, 0.5) is 5.69 Å². The number of aromatic nitrogens is 1. The lowest BCUT2D eigenvalue weighted by Crippen LogP contribution is -2.19. The van der Waals surface area contributed by atoms with Crippen LogP contribution in [0.3, 0.4) is 0 Å². The number of nitrogen functional groups attached to an aromatic ring is 1. The van der Waals surface area contributed by atoms with E-state index in [1.807, 2.05) is 24.4 Å². The van der Waals surface area contributed by atoms with Crippen molar-refractivity contribution >= 4 is 28.9 Å². The van der Waals surface area contributed by atoms with Crippen LogP contribution >= 0.6 is 23.2 Å². The van der Waals surface area contributed by atoms with Gasteiger partial charge in [-0.2, -0.15) is 0 Å². The van der Waals surface area contributed by atoms with Gasteiger partial charge in [-0.3, -0.25) is 4.98 Å². The zero-order valence-electron chi connectivity index (χ0n) is 16.2. The number of nitrogens with zero attached hydrogens (tertiary/aromatic N) is 1. The van der Waals surface area contributed by atoms with Crippen molar-refractivity contribution in [2.24, 2.45) is 0 Å². The molecule has 0 bridgehead atoms. The second kappa shape index (κ2) is 16.6. The number of benzene rings is 1. The third-order valence-corrected chi connectivity index (χ3v) is 4.23. The van der Waals surface area contributed by atoms with Crippen LogP contribution in [0.1, 0.15) is 31.4 Å². The molecule has 0 amide bonds. The van der Waals surface area contributed by atoms with Gasteiger partial charge < -0.3 is 20.9 Å². The van der Waals surface area contributed by atoms with Crippen molar-refractivity contribution in [3.8, 4) is 0 Å². The number of anilines is 1. The average molecular weight is 428 g/mol. The molecule has 0 unspecified atom stereocenters. The lowest BCUT2D eigenvalue weighted by atomic mass is 10.2. The summed E-state index contributed by atoms with van der Waals surface area (Å²) in [5.74, 6) is 0. The smallest absolute Gasteiger partial charge is 0.0555 e. The van der Waals surface area contributed by atoms with Gasteiger partial charge in [0, 0.05) is 47.2 Å². The predicted octanol–water partition coefficient (Wildman–Crippen LogP) is 4.36. The van der Waals surface area contributed by atoms with E-state index in [1.165, 1.54) is 19.3 Å². The number of aliphatic hydroxyl groups excluding tert-OH is 1. The van der Waals surface area contributed by atoms with E-state index < -0.39 is 0 Å². The van der Waals surface area contributed by atoms with Crippen molar-refractivity contribution in [1.29, 1.82) is 0 Å². The second-order valence-electron chi connectivity index (χ2n) is 6.27. The number of nitrogens with one attached hydrogen (secondary N) is 1. The third kappa shape index (κ3) is 13.7. The van der Waals surface area contributed by atoms with Gasteiger partial charge in [-0.05, 0) is 49.7 Å². The molecule has 0 saturated heterocycles. The summed E-state index contributed by atoms with van der Waals surface area (Å²) in [5, 5.41) is 12.9. The molecule has 0 atom stereocenters. The molecule has 7 heteroatoms. The van der Waals surface area contributed by atoms with Crippen molar-refractivity contribution in [3.05, 3.63) is 58.3 Å². The molecule has 1 aromatic heterocycles. The predicted molar refractivity (Wildman–Crippen MR) is 118 cm³/mol. The van der Waals surface area contributed by atoms with Crippen molar-refractivity contribution in [2.75, 3.05) is 38.6 Å². The molecule has 28 heavy (non-hydrogen) atoms. The summed E-state index contributed by atoms with van der Waals surface area (Å²) in [6.45, 7) is 3.54. The van der Waals surface area contributed by atoms with Gasteiger partial charge >= 0.3 is 0 Å². The standard InChI is InChI=1S/C15H26N2O2.C6H5Cl2N/c18-12-11-16-9-4-1-2-6-13-19-14-8-15-7-3-5-10-17-15;7-4-1-5(8)3-6(9)2-4/h3,5,7,10,16,18H,1-2,4,6,8-9,11-14H2;1-3H,9H2. The van der Waals surface area contributed by atoms with E-state index in [4.69, 9.17) is 38.8 Å². The number of hydrogen-bond acceptors (Lipinski definition) is 5. The summed E-state index contributed by atoms with van der Waals surface area (Å²) in [5.41, 5.74) is 7.08. The summed E-state index contributed by atoms with van der Waals surface area (Å²) in [4.78, 5) is 4.26. The summed E-state index contributed by atoms with van der Waals surface area (Å²) >= 11 is 11.2. The van der Waals surface area contributed by atoms with Crippen LogP contribution in [0.5, 0.6) is 0 Å². The quantitative estimate of drug-likeness (QED) is 0.346. The molecule has 1 heterocycles. The largest absolute Gasteiger partial charge is 0.399 e. The maximum absolute atomic E-state index is 8.59. The molecule has 2 aromatic rings. The Labute approximate surface area is 178 Å². The Morgan fingerprint density at radius 1 is 0.964 bits per heavy atom. The van der Waals surface area contributed by atoms with Crippen LogP contribution in [-0.4, -0.2) is 43.0 Å². The summed E-state index contributed by atoms with van der Waals surface area (Å²) in [6, 6.07) is 10.9. The molecule has 0 aliphatic carbocycles. The molecule has 2 rings (SSSR count). The van der Waals surface area contributed by atoms with E-state index >= 15 is 0 Å². The topological polar surface area (TPSA) is 80.4 Å². The Hall–Kier alpha value is -1.37. The zero-order chi connectivity index (χ0) is 20.5. The maximum atomic E-state index is 8.59. The van der Waals surface area contributed by atoms with E-state index in [2.05, 4.69) is 10.3 Å². The molecule has 0 spiro atoms. The fourth-order valence-electron chi connectivity index (χ4n) is 2.41. The van der Waals surface area contributed by atoms with Crippen molar-refractivity contribution in [2.45, 2.75) is 32.1 Å². The number of aliphatic hydroxyl groups is 1. The number of unbranched alkanes of at least 4 members (excludes halogenated alkanes) is 3. The minimum Gasteiger partial charge on any atom is -0.399 e. The molecule has 0 fully saturated rings. The second-order valence-corrected chi connectivity index (χ2v) is 7.15. The summed E-state index contributed by atoms with van der Waals surface area (Å²) < 4.78 is 5.59. The summed E-state index contributed by atoms with van der Waals surface area (Å²) in [6.07, 6.45) is 7.45. The molecular weight excluding hydrogens is 397 g/mol. The minimum atomic E-state index is 0.226. The van der Waals surface area contributed by atoms with E-state index in [9.17, 15) is 0 Å². The van der Waals surface area contributed by atoms with E-state index in [1.54, 1.807) is 18.2 Å². The van der Waals surface area contributed by atoms with Gasteiger partial charge in [-0.15, -0.1) is 0 Å². The van der Waals surface area contributed by atoms with E-state index in [-0.39, 0.29) is 6.61 Å². The van der Waals surface area contributed by atoms with Crippen LogP contribution in [0, 0.1) is 0 Å². The maximum Gasteiger partial charge on any atom is 0.0555 e. The Morgan fingerprint density at radius 2 is 1.71 bits per heavy atom. The first-order valence-corrected chi connectivity index (χ1v) is 10.4. The fraction of sp³-hybridized carbons (Fsp3) is 0.476. The molecule has 0 aliphatic heterocycles. The highest BCUT2D eigenvalue weighted by Gasteiger charge is 1.95. The van der Waals surface area contributed by atoms with Gasteiger partial charge in [0.15, 0.2) is 0 Å². The Balaban J connectivity index is 0.000000362. The monoisotopic (exact) mass is 427 g/mol. The highest BCUT2D eigenvalue weighted by atomic mass is 35.5. The molecule has 1 aromatic carbocycles. The molecule has 0 aliphatic rings. The SMILES string of the molecule is Nc1cc(Cl)cc(Cl)c1.OCCNCCCCCCOCCc1ccccn1. The fourth-order valence-corrected chi connectivity index (χ4v) is 2.95. The number of rotatable bonds is 12. The molecule has 0 radical (unpaired) electrons. The van der Waals surface area contributed by atoms with Gasteiger partial charge in [0.05, 0.1) is 13.2 Å². The number of hydrogen-bond donors (Lipinski definition) is 3. The number of ether oxygens (including phenoxy) is 1. The van der Waals surface area contributed by atoms with Crippen LogP contribution in [0.15, 0.2) is 42.6 Å². The van der Waals surface area contributed by atoms with E-state index in [0.29, 0.717) is 22.3 Å². The first-order chi connectivity index (χ1) is 13.6. The van der Waals surface area contributed by atoms with Crippen LogP contribution < -0.4 is 11.1 Å². The molecule has 156 valence electrons. The van der Waals surface area contributed by atoms with Crippen LogP contribution in [0.2, 0.25) is 10.0 Å². The average Bonchev–Trinajstić information content (AvgIpc) is 2.66. The van der Waals surface area contributed by atoms with Crippen LogP contribution in [0.25, 0.3) is 0 Å². The Bertz CT molecular complexity index is 580.